The lowest BCUT2D eigenvalue weighted by atomic mass is 9.99. The molecule has 1 fully saturated rings. The molecule has 0 N–H and O–H groups in total. The van der Waals surface area contributed by atoms with Crippen LogP contribution >= 0.6 is 31.9 Å². The van der Waals surface area contributed by atoms with Crippen molar-refractivity contribution in [2.45, 2.75) is 12.8 Å². The molecular weight excluding hydrogens is 348 g/mol. The van der Waals surface area contributed by atoms with Crippen molar-refractivity contribution in [3.63, 3.8) is 0 Å². The first-order valence-electron chi connectivity index (χ1n) is 5.66. The summed E-state index contributed by atoms with van der Waals surface area (Å²) in [5.41, 5.74) is 0.664. The lowest BCUT2D eigenvalue weighted by Gasteiger charge is -2.31. The Bertz CT molecular complexity index is 403. The van der Waals surface area contributed by atoms with Gasteiger partial charge in [0.25, 0.3) is 5.91 Å². The lowest BCUT2D eigenvalue weighted by Crippen LogP contribution is -2.38. The van der Waals surface area contributed by atoms with Gasteiger partial charge in [0.05, 0.1) is 5.56 Å². The molecule has 1 aliphatic rings. The summed E-state index contributed by atoms with van der Waals surface area (Å²) in [5.74, 6) is 0.798. The lowest BCUT2D eigenvalue weighted by molar-refractivity contribution is 0.0698. The van der Waals surface area contributed by atoms with Gasteiger partial charge >= 0.3 is 0 Å². The minimum Gasteiger partial charge on any atom is -0.339 e. The number of piperidine rings is 1. The number of pyridine rings is 1. The predicted molar refractivity (Wildman–Crippen MR) is 74.4 cm³/mol. The Morgan fingerprint density at radius 2 is 2.12 bits per heavy atom. The number of hydrogen-bond acceptors (Lipinski definition) is 2. The topological polar surface area (TPSA) is 33.2 Å². The second-order valence-corrected chi connectivity index (χ2v) is 5.84. The van der Waals surface area contributed by atoms with Crippen LogP contribution in [-0.4, -0.2) is 34.2 Å². The molecule has 92 valence electrons. The maximum Gasteiger partial charge on any atom is 0.255 e. The van der Waals surface area contributed by atoms with Gasteiger partial charge in [-0.1, -0.05) is 15.9 Å². The van der Waals surface area contributed by atoms with E-state index < -0.39 is 0 Å². The first-order valence-corrected chi connectivity index (χ1v) is 7.58. The van der Waals surface area contributed by atoms with Crippen molar-refractivity contribution >= 4 is 37.8 Å². The fraction of sp³-hybridized carbons (Fsp3) is 0.500. The van der Waals surface area contributed by atoms with E-state index in [-0.39, 0.29) is 5.91 Å². The minimum absolute atomic E-state index is 0.0897. The number of aromatic nitrogens is 1. The standard InChI is InChI=1S/C12H14Br2N2O/c13-6-9-1-3-16(4-2-9)12(17)10-5-11(14)8-15-7-10/h5,7-9H,1-4,6H2. The molecule has 0 aromatic carbocycles. The fourth-order valence-corrected chi connectivity index (χ4v) is 3.01. The monoisotopic (exact) mass is 360 g/mol. The molecule has 2 heterocycles. The normalized spacial score (nSPS) is 17.2. The van der Waals surface area contributed by atoms with Crippen LogP contribution < -0.4 is 0 Å². The molecule has 0 bridgehead atoms. The number of likely N-dealkylation sites (tertiary alicyclic amines) is 1. The zero-order valence-electron chi connectivity index (χ0n) is 9.40. The Hall–Kier alpha value is -0.420. The Labute approximate surface area is 118 Å². The minimum atomic E-state index is 0.0897. The van der Waals surface area contributed by atoms with Crippen molar-refractivity contribution in [3.8, 4) is 0 Å². The van der Waals surface area contributed by atoms with Gasteiger partial charge < -0.3 is 4.90 Å². The number of alkyl halides is 1. The summed E-state index contributed by atoms with van der Waals surface area (Å²) in [4.78, 5) is 18.1. The van der Waals surface area contributed by atoms with Gasteiger partial charge in [-0.2, -0.15) is 0 Å². The van der Waals surface area contributed by atoms with Crippen molar-refractivity contribution in [1.29, 1.82) is 0 Å². The number of halogens is 2. The summed E-state index contributed by atoms with van der Waals surface area (Å²) >= 11 is 6.84. The molecular formula is C12H14Br2N2O. The molecule has 1 amide bonds. The largest absolute Gasteiger partial charge is 0.339 e. The average molecular weight is 362 g/mol. The fourth-order valence-electron chi connectivity index (χ4n) is 2.00. The van der Waals surface area contributed by atoms with Crippen LogP contribution in [0.25, 0.3) is 0 Å². The van der Waals surface area contributed by atoms with Crippen LogP contribution in [0.5, 0.6) is 0 Å². The highest BCUT2D eigenvalue weighted by atomic mass is 79.9. The molecule has 0 atom stereocenters. The van der Waals surface area contributed by atoms with Crippen LogP contribution in [0.15, 0.2) is 22.9 Å². The Morgan fingerprint density at radius 3 is 2.71 bits per heavy atom. The molecule has 1 aliphatic heterocycles. The number of carbonyl (C=O) groups is 1. The highest BCUT2D eigenvalue weighted by Gasteiger charge is 2.23. The number of hydrogen-bond donors (Lipinski definition) is 0. The number of rotatable bonds is 2. The summed E-state index contributed by atoms with van der Waals surface area (Å²) in [6.07, 6.45) is 5.48. The van der Waals surface area contributed by atoms with Gasteiger partial charge in [-0.15, -0.1) is 0 Å². The number of carbonyl (C=O) groups excluding carboxylic acids is 1. The zero-order valence-corrected chi connectivity index (χ0v) is 12.6. The van der Waals surface area contributed by atoms with Crippen LogP contribution in [-0.2, 0) is 0 Å². The third-order valence-electron chi connectivity index (χ3n) is 3.07. The van der Waals surface area contributed by atoms with Gasteiger partial charge in [-0.3, -0.25) is 9.78 Å². The van der Waals surface area contributed by atoms with Gasteiger partial charge in [0.15, 0.2) is 0 Å². The van der Waals surface area contributed by atoms with Crippen molar-refractivity contribution < 1.29 is 4.79 Å². The van der Waals surface area contributed by atoms with E-state index >= 15 is 0 Å². The van der Waals surface area contributed by atoms with Gasteiger partial charge in [0.2, 0.25) is 0 Å². The molecule has 0 saturated carbocycles. The summed E-state index contributed by atoms with van der Waals surface area (Å²) in [6, 6.07) is 1.83. The van der Waals surface area contributed by atoms with E-state index in [4.69, 9.17) is 0 Å². The van der Waals surface area contributed by atoms with Crippen LogP contribution in [0.1, 0.15) is 23.2 Å². The highest BCUT2D eigenvalue weighted by Crippen LogP contribution is 2.21. The third-order valence-corrected chi connectivity index (χ3v) is 4.42. The summed E-state index contributed by atoms with van der Waals surface area (Å²) in [6.45, 7) is 1.70. The summed E-state index contributed by atoms with van der Waals surface area (Å²) in [5, 5.41) is 1.04. The Kier molecular flexibility index (Phi) is 4.56. The first-order chi connectivity index (χ1) is 8.20. The number of nitrogens with zero attached hydrogens (tertiary/aromatic N) is 2. The number of amides is 1. The zero-order chi connectivity index (χ0) is 12.3. The van der Waals surface area contributed by atoms with Crippen molar-refractivity contribution in [1.82, 2.24) is 9.88 Å². The molecule has 1 saturated heterocycles. The van der Waals surface area contributed by atoms with E-state index in [9.17, 15) is 4.79 Å². The predicted octanol–water partition coefficient (Wildman–Crippen LogP) is 3.09. The van der Waals surface area contributed by atoms with Crippen molar-refractivity contribution in [3.05, 3.63) is 28.5 Å². The van der Waals surface area contributed by atoms with Crippen molar-refractivity contribution in [2.75, 3.05) is 18.4 Å². The van der Waals surface area contributed by atoms with Gasteiger partial charge in [-0.25, -0.2) is 0 Å². The maximum atomic E-state index is 12.2. The van der Waals surface area contributed by atoms with E-state index in [2.05, 4.69) is 36.8 Å². The molecule has 3 nitrogen and oxygen atoms in total. The first kappa shape index (κ1) is 13.0. The van der Waals surface area contributed by atoms with E-state index in [1.165, 1.54) is 0 Å². The molecule has 0 radical (unpaired) electrons. The SMILES string of the molecule is O=C(c1cncc(Br)c1)N1CCC(CBr)CC1. The molecule has 17 heavy (non-hydrogen) atoms. The van der Waals surface area contributed by atoms with Crippen LogP contribution in [0, 0.1) is 5.92 Å². The van der Waals surface area contributed by atoms with E-state index in [1.54, 1.807) is 12.4 Å². The second-order valence-electron chi connectivity index (χ2n) is 4.28. The molecule has 5 heteroatoms. The van der Waals surface area contributed by atoms with Gasteiger partial charge in [0.1, 0.15) is 0 Å². The van der Waals surface area contributed by atoms with Gasteiger partial charge in [0, 0.05) is 35.3 Å². The van der Waals surface area contributed by atoms with E-state index in [1.807, 2.05) is 11.0 Å². The average Bonchev–Trinajstić information content (AvgIpc) is 2.38. The summed E-state index contributed by atoms with van der Waals surface area (Å²) < 4.78 is 0.846. The van der Waals surface area contributed by atoms with E-state index in [0.717, 1.165) is 35.7 Å². The third kappa shape index (κ3) is 3.28. The van der Waals surface area contributed by atoms with Crippen LogP contribution in [0.4, 0.5) is 0 Å². The Balaban J connectivity index is 2.02. The quantitative estimate of drug-likeness (QED) is 0.758. The van der Waals surface area contributed by atoms with Gasteiger partial charge in [-0.05, 0) is 40.8 Å². The van der Waals surface area contributed by atoms with E-state index in [0.29, 0.717) is 11.5 Å². The smallest absolute Gasteiger partial charge is 0.255 e. The molecule has 0 aliphatic carbocycles. The Morgan fingerprint density at radius 1 is 1.41 bits per heavy atom. The molecule has 1 aromatic heterocycles. The second kappa shape index (κ2) is 5.96. The maximum absolute atomic E-state index is 12.2. The molecule has 0 unspecified atom stereocenters. The molecule has 1 aromatic rings. The molecule has 2 rings (SSSR count). The highest BCUT2D eigenvalue weighted by molar-refractivity contribution is 9.10. The van der Waals surface area contributed by atoms with Crippen LogP contribution in [0.3, 0.4) is 0 Å². The van der Waals surface area contributed by atoms with Crippen LogP contribution in [0.2, 0.25) is 0 Å². The summed E-state index contributed by atoms with van der Waals surface area (Å²) in [7, 11) is 0. The van der Waals surface area contributed by atoms with Crippen molar-refractivity contribution in [2.24, 2.45) is 5.92 Å². The molecule has 0 spiro atoms.